The summed E-state index contributed by atoms with van der Waals surface area (Å²) in [7, 11) is 1.56. The molecule has 2 fully saturated rings. The molecule has 180 valence electrons. The number of para-hydroxylation sites is 2. The lowest BCUT2D eigenvalue weighted by atomic mass is 9.91. The molecule has 0 bridgehead atoms. The molecule has 3 unspecified atom stereocenters. The average Bonchev–Trinajstić information content (AvgIpc) is 3.20. The maximum absolute atomic E-state index is 13.1. The van der Waals surface area contributed by atoms with E-state index in [9.17, 15) is 14.4 Å². The molecule has 2 saturated heterocycles. The fourth-order valence-corrected chi connectivity index (χ4v) is 5.10. The number of likely N-dealkylation sites (tertiary alicyclic amines) is 1. The molecule has 7 nitrogen and oxygen atoms in total. The normalized spacial score (nSPS) is 22.6. The largest absolute Gasteiger partial charge is 0.495 e. The number of carbonyl (C=O) groups is 3. The minimum atomic E-state index is -0.486. The highest BCUT2D eigenvalue weighted by Crippen LogP contribution is 2.33. The second-order valence-electron chi connectivity index (χ2n) is 9.75. The van der Waals surface area contributed by atoms with Crippen molar-refractivity contribution in [1.82, 2.24) is 4.90 Å². The van der Waals surface area contributed by atoms with E-state index in [4.69, 9.17) is 4.74 Å². The molecule has 0 spiro atoms. The lowest BCUT2D eigenvalue weighted by Gasteiger charge is -2.35. The maximum atomic E-state index is 13.1. The van der Waals surface area contributed by atoms with Gasteiger partial charge in [-0.3, -0.25) is 14.4 Å². The fourth-order valence-electron chi connectivity index (χ4n) is 5.10. The number of aryl methyl sites for hydroxylation is 1. The molecule has 34 heavy (non-hydrogen) atoms. The summed E-state index contributed by atoms with van der Waals surface area (Å²) in [6.07, 6.45) is 1.26. The Hall–Kier alpha value is -3.35. The van der Waals surface area contributed by atoms with E-state index in [1.807, 2.05) is 42.2 Å². The van der Waals surface area contributed by atoms with Crippen LogP contribution in [0.5, 0.6) is 5.75 Å². The summed E-state index contributed by atoms with van der Waals surface area (Å²) in [4.78, 5) is 42.5. The second kappa shape index (κ2) is 9.87. The third kappa shape index (κ3) is 4.93. The number of ether oxygens (including phenoxy) is 1. The van der Waals surface area contributed by atoms with Gasteiger partial charge in [-0.05, 0) is 55.0 Å². The van der Waals surface area contributed by atoms with E-state index in [2.05, 4.69) is 19.2 Å². The number of hydrogen-bond donors (Lipinski definition) is 1. The summed E-state index contributed by atoms with van der Waals surface area (Å²) in [5.41, 5.74) is 2.72. The van der Waals surface area contributed by atoms with Crippen molar-refractivity contribution >= 4 is 29.1 Å². The van der Waals surface area contributed by atoms with Crippen LogP contribution in [0.15, 0.2) is 42.5 Å². The first-order valence-electron chi connectivity index (χ1n) is 11.9. The highest BCUT2D eigenvalue weighted by Gasteiger charge is 2.36. The molecular formula is C27H33N3O4. The van der Waals surface area contributed by atoms with E-state index >= 15 is 0 Å². The number of hydrogen-bond acceptors (Lipinski definition) is 4. The molecule has 0 saturated carbocycles. The number of nitrogens with zero attached hydrogens (tertiary/aromatic N) is 2. The zero-order chi connectivity index (χ0) is 24.4. The lowest BCUT2D eigenvalue weighted by molar-refractivity contribution is -0.122. The van der Waals surface area contributed by atoms with Crippen LogP contribution in [-0.4, -0.2) is 49.4 Å². The molecule has 2 heterocycles. The Morgan fingerprint density at radius 1 is 1.03 bits per heavy atom. The number of nitrogens with one attached hydrogen (secondary N) is 1. The molecule has 4 rings (SSSR count). The Morgan fingerprint density at radius 2 is 1.74 bits per heavy atom. The van der Waals surface area contributed by atoms with Crippen LogP contribution in [-0.2, 0) is 9.59 Å². The lowest BCUT2D eigenvalue weighted by Crippen LogP contribution is -2.42. The first kappa shape index (κ1) is 23.8. The molecule has 1 N–H and O–H groups in total. The van der Waals surface area contributed by atoms with Crippen LogP contribution in [0.2, 0.25) is 0 Å². The van der Waals surface area contributed by atoms with Crippen LogP contribution in [0.25, 0.3) is 0 Å². The van der Waals surface area contributed by atoms with E-state index < -0.39 is 5.92 Å². The zero-order valence-corrected chi connectivity index (χ0v) is 20.3. The number of benzene rings is 2. The number of carbonyl (C=O) groups excluding carboxylic acids is 3. The molecule has 2 aliphatic heterocycles. The maximum Gasteiger partial charge on any atom is 0.253 e. The summed E-state index contributed by atoms with van der Waals surface area (Å²) in [5.74, 6) is 0.719. The molecule has 0 aliphatic carbocycles. The smallest absolute Gasteiger partial charge is 0.253 e. The molecule has 0 aromatic heterocycles. The van der Waals surface area contributed by atoms with Gasteiger partial charge in [-0.1, -0.05) is 32.0 Å². The summed E-state index contributed by atoms with van der Waals surface area (Å²) in [5, 5.41) is 2.97. The van der Waals surface area contributed by atoms with Crippen LogP contribution < -0.4 is 15.0 Å². The molecule has 2 aromatic carbocycles. The molecule has 2 aromatic rings. The van der Waals surface area contributed by atoms with Gasteiger partial charge in [-0.15, -0.1) is 0 Å². The summed E-state index contributed by atoms with van der Waals surface area (Å²) >= 11 is 0. The van der Waals surface area contributed by atoms with Gasteiger partial charge in [-0.25, -0.2) is 0 Å². The number of piperidine rings is 1. The van der Waals surface area contributed by atoms with Gasteiger partial charge in [0.15, 0.2) is 0 Å². The Labute approximate surface area is 201 Å². The van der Waals surface area contributed by atoms with E-state index in [-0.39, 0.29) is 30.7 Å². The Kier molecular flexibility index (Phi) is 6.91. The molecule has 7 heteroatoms. The SMILES string of the molecule is COc1ccccc1N1CC(C(=O)Nc2cc(C(=O)N3CC(C)CC(C)C3)ccc2C)CC1=O. The van der Waals surface area contributed by atoms with Gasteiger partial charge in [0, 0.05) is 37.3 Å². The Bertz CT molecular complexity index is 1090. The standard InChI is InChI=1S/C27H33N3O4/c1-17-11-18(2)15-29(14-17)27(33)20-10-9-19(3)22(12-20)28-26(32)21-13-25(31)30(16-21)23-7-5-6-8-24(23)34-4/h5-10,12,17-18,21H,11,13-16H2,1-4H3,(H,28,32). The van der Waals surface area contributed by atoms with Gasteiger partial charge < -0.3 is 19.9 Å². The number of anilines is 2. The van der Waals surface area contributed by atoms with Crippen LogP contribution in [0, 0.1) is 24.7 Å². The summed E-state index contributed by atoms with van der Waals surface area (Å²) in [6.45, 7) is 8.04. The second-order valence-corrected chi connectivity index (χ2v) is 9.75. The highest BCUT2D eigenvalue weighted by molar-refractivity contribution is 6.05. The van der Waals surface area contributed by atoms with Crippen LogP contribution in [0.1, 0.15) is 42.6 Å². The average molecular weight is 464 g/mol. The number of rotatable bonds is 5. The molecule has 3 atom stereocenters. The monoisotopic (exact) mass is 463 g/mol. The van der Waals surface area contributed by atoms with Gasteiger partial charge in [0.25, 0.3) is 5.91 Å². The Morgan fingerprint density at radius 3 is 2.44 bits per heavy atom. The third-order valence-corrected chi connectivity index (χ3v) is 6.77. The van der Waals surface area contributed by atoms with Crippen molar-refractivity contribution in [1.29, 1.82) is 0 Å². The van der Waals surface area contributed by atoms with E-state index in [0.717, 1.165) is 25.1 Å². The van der Waals surface area contributed by atoms with E-state index in [1.165, 1.54) is 0 Å². The van der Waals surface area contributed by atoms with Crippen molar-refractivity contribution in [2.45, 2.75) is 33.6 Å². The van der Waals surface area contributed by atoms with Crippen LogP contribution >= 0.6 is 0 Å². The first-order valence-corrected chi connectivity index (χ1v) is 11.9. The van der Waals surface area contributed by atoms with Crippen molar-refractivity contribution in [3.05, 3.63) is 53.6 Å². The molecule has 2 aliphatic rings. The fraction of sp³-hybridized carbons (Fsp3) is 0.444. The topological polar surface area (TPSA) is 79.0 Å². The van der Waals surface area contributed by atoms with Gasteiger partial charge in [0.2, 0.25) is 11.8 Å². The minimum absolute atomic E-state index is 0.00714. The number of methoxy groups -OCH3 is 1. The van der Waals surface area contributed by atoms with E-state index in [1.54, 1.807) is 24.1 Å². The molecule has 3 amide bonds. The summed E-state index contributed by atoms with van der Waals surface area (Å²) < 4.78 is 5.38. The summed E-state index contributed by atoms with van der Waals surface area (Å²) in [6, 6.07) is 12.7. The van der Waals surface area contributed by atoms with Gasteiger partial charge in [-0.2, -0.15) is 0 Å². The van der Waals surface area contributed by atoms with Crippen LogP contribution in [0.3, 0.4) is 0 Å². The van der Waals surface area contributed by atoms with Crippen molar-refractivity contribution in [3.63, 3.8) is 0 Å². The van der Waals surface area contributed by atoms with Crippen molar-refractivity contribution in [3.8, 4) is 5.75 Å². The predicted molar refractivity (Wildman–Crippen MR) is 132 cm³/mol. The molecular weight excluding hydrogens is 430 g/mol. The first-order chi connectivity index (χ1) is 16.3. The number of amides is 3. The minimum Gasteiger partial charge on any atom is -0.495 e. The Balaban J connectivity index is 1.47. The van der Waals surface area contributed by atoms with Crippen molar-refractivity contribution in [2.75, 3.05) is 37.0 Å². The van der Waals surface area contributed by atoms with Crippen LogP contribution in [0.4, 0.5) is 11.4 Å². The zero-order valence-electron chi connectivity index (χ0n) is 20.3. The van der Waals surface area contributed by atoms with Gasteiger partial charge in [0.1, 0.15) is 5.75 Å². The van der Waals surface area contributed by atoms with Crippen molar-refractivity contribution in [2.24, 2.45) is 17.8 Å². The van der Waals surface area contributed by atoms with Gasteiger partial charge >= 0.3 is 0 Å². The van der Waals surface area contributed by atoms with Gasteiger partial charge in [0.05, 0.1) is 18.7 Å². The van der Waals surface area contributed by atoms with Crippen molar-refractivity contribution < 1.29 is 19.1 Å². The third-order valence-electron chi connectivity index (χ3n) is 6.77. The molecule has 0 radical (unpaired) electrons. The quantitative estimate of drug-likeness (QED) is 0.724. The highest BCUT2D eigenvalue weighted by atomic mass is 16.5. The van der Waals surface area contributed by atoms with E-state index in [0.29, 0.717) is 34.5 Å². The predicted octanol–water partition coefficient (Wildman–Crippen LogP) is 4.11.